The summed E-state index contributed by atoms with van der Waals surface area (Å²) in [6.07, 6.45) is 3.79. The van der Waals surface area contributed by atoms with E-state index in [0.29, 0.717) is 5.69 Å². The molecule has 0 saturated heterocycles. The molecule has 0 aliphatic carbocycles. The number of aliphatic hydroxyl groups excluding tert-OH is 1. The predicted octanol–water partition coefficient (Wildman–Crippen LogP) is 1.15. The van der Waals surface area contributed by atoms with Gasteiger partial charge in [-0.3, -0.25) is 4.79 Å². The number of amides is 1. The standard InChI is InChI=1S/C18H19N3O4/c1-25-18(24)13-12-21(10-11-22)17(23)16(13)19-14-6-2-3-7-15(14)20-8-4-5-9-20/h2-9,19,22H,10-12H2,1H3. The minimum atomic E-state index is -0.560. The minimum Gasteiger partial charge on any atom is -0.466 e. The van der Waals surface area contributed by atoms with Crippen molar-refractivity contribution in [1.29, 1.82) is 0 Å². The van der Waals surface area contributed by atoms with Crippen LogP contribution in [0.2, 0.25) is 0 Å². The molecule has 2 heterocycles. The second-order valence-electron chi connectivity index (χ2n) is 5.53. The van der Waals surface area contributed by atoms with Crippen molar-refractivity contribution in [3.8, 4) is 5.69 Å². The number of carbonyl (C=O) groups is 2. The molecule has 2 aromatic rings. The molecule has 0 radical (unpaired) electrons. The zero-order chi connectivity index (χ0) is 17.8. The van der Waals surface area contributed by atoms with E-state index < -0.39 is 5.97 Å². The Hall–Kier alpha value is -3.06. The topological polar surface area (TPSA) is 83.8 Å². The van der Waals surface area contributed by atoms with Gasteiger partial charge in [0.05, 0.1) is 37.2 Å². The van der Waals surface area contributed by atoms with Gasteiger partial charge in [0.25, 0.3) is 5.91 Å². The number of β-amino-alcohol motifs (C(OH)–C–C–N with tert-alkyl or cyclic N) is 1. The number of aliphatic hydroxyl groups is 1. The molecule has 0 spiro atoms. The van der Waals surface area contributed by atoms with Crippen molar-refractivity contribution in [2.75, 3.05) is 32.1 Å². The third kappa shape index (κ3) is 3.27. The van der Waals surface area contributed by atoms with Crippen molar-refractivity contribution in [3.63, 3.8) is 0 Å². The number of nitrogens with zero attached hydrogens (tertiary/aromatic N) is 2. The van der Waals surface area contributed by atoms with E-state index in [4.69, 9.17) is 9.84 Å². The molecule has 1 aliphatic heterocycles. The normalized spacial score (nSPS) is 14.2. The van der Waals surface area contributed by atoms with Gasteiger partial charge in [-0.25, -0.2) is 4.79 Å². The van der Waals surface area contributed by atoms with Crippen molar-refractivity contribution in [1.82, 2.24) is 9.47 Å². The molecule has 3 rings (SSSR count). The maximum Gasteiger partial charge on any atom is 0.337 e. The highest BCUT2D eigenvalue weighted by Gasteiger charge is 2.34. The number of ether oxygens (including phenoxy) is 1. The first-order chi connectivity index (χ1) is 12.2. The summed E-state index contributed by atoms with van der Waals surface area (Å²) in [5, 5.41) is 12.2. The summed E-state index contributed by atoms with van der Waals surface area (Å²) >= 11 is 0. The van der Waals surface area contributed by atoms with E-state index in [1.54, 1.807) is 0 Å². The molecule has 0 fully saturated rings. The van der Waals surface area contributed by atoms with E-state index in [9.17, 15) is 9.59 Å². The van der Waals surface area contributed by atoms with E-state index in [0.717, 1.165) is 5.69 Å². The van der Waals surface area contributed by atoms with Crippen LogP contribution in [-0.4, -0.2) is 53.3 Å². The summed E-state index contributed by atoms with van der Waals surface area (Å²) in [7, 11) is 1.28. The lowest BCUT2D eigenvalue weighted by Crippen LogP contribution is -2.31. The maximum atomic E-state index is 12.6. The van der Waals surface area contributed by atoms with Crippen molar-refractivity contribution >= 4 is 17.6 Å². The van der Waals surface area contributed by atoms with Crippen LogP contribution in [0.15, 0.2) is 60.1 Å². The van der Waals surface area contributed by atoms with Crippen molar-refractivity contribution < 1.29 is 19.4 Å². The first-order valence-electron chi connectivity index (χ1n) is 7.86. The van der Waals surface area contributed by atoms with Crippen LogP contribution in [0.3, 0.4) is 0 Å². The lowest BCUT2D eigenvalue weighted by Gasteiger charge is -2.16. The van der Waals surface area contributed by atoms with Gasteiger partial charge >= 0.3 is 5.97 Å². The molecule has 0 saturated carbocycles. The third-order valence-corrected chi connectivity index (χ3v) is 4.00. The molecular formula is C18H19N3O4. The molecule has 0 bridgehead atoms. The predicted molar refractivity (Wildman–Crippen MR) is 92.1 cm³/mol. The monoisotopic (exact) mass is 341 g/mol. The minimum absolute atomic E-state index is 0.111. The lowest BCUT2D eigenvalue weighted by molar-refractivity contribution is -0.136. The Balaban J connectivity index is 1.97. The molecule has 1 aromatic heterocycles. The van der Waals surface area contributed by atoms with Crippen molar-refractivity contribution in [3.05, 3.63) is 60.1 Å². The quantitative estimate of drug-likeness (QED) is 0.770. The van der Waals surface area contributed by atoms with Crippen LogP contribution in [0.4, 0.5) is 5.69 Å². The lowest BCUT2D eigenvalue weighted by atomic mass is 10.2. The van der Waals surface area contributed by atoms with Crippen LogP contribution in [0.25, 0.3) is 5.69 Å². The van der Waals surface area contributed by atoms with E-state index in [2.05, 4.69) is 5.32 Å². The SMILES string of the molecule is COC(=O)C1=C(Nc2ccccc2-n2cccc2)C(=O)N(CCO)C1. The summed E-state index contributed by atoms with van der Waals surface area (Å²) in [6, 6.07) is 11.3. The Labute approximate surface area is 145 Å². The number of para-hydroxylation sites is 2. The number of hydrogen-bond acceptors (Lipinski definition) is 5. The van der Waals surface area contributed by atoms with Gasteiger partial charge in [-0.15, -0.1) is 0 Å². The molecule has 2 N–H and O–H groups in total. The van der Waals surface area contributed by atoms with Gasteiger partial charge in [-0.1, -0.05) is 12.1 Å². The molecule has 1 aliphatic rings. The number of anilines is 1. The highest BCUT2D eigenvalue weighted by atomic mass is 16.5. The van der Waals surface area contributed by atoms with Crippen LogP contribution >= 0.6 is 0 Å². The second kappa shape index (κ2) is 7.23. The highest BCUT2D eigenvalue weighted by Crippen LogP contribution is 2.26. The second-order valence-corrected chi connectivity index (χ2v) is 5.53. The van der Waals surface area contributed by atoms with Crippen LogP contribution in [0.5, 0.6) is 0 Å². The number of rotatable bonds is 6. The summed E-state index contributed by atoms with van der Waals surface area (Å²) in [4.78, 5) is 26.1. The van der Waals surface area contributed by atoms with Gasteiger partial charge in [0.2, 0.25) is 0 Å². The zero-order valence-corrected chi connectivity index (χ0v) is 13.8. The summed E-state index contributed by atoms with van der Waals surface area (Å²) in [5.74, 6) is -0.897. The zero-order valence-electron chi connectivity index (χ0n) is 13.8. The van der Waals surface area contributed by atoms with E-state index in [1.807, 2.05) is 53.4 Å². The van der Waals surface area contributed by atoms with Gasteiger partial charge < -0.3 is 24.6 Å². The van der Waals surface area contributed by atoms with Crippen LogP contribution < -0.4 is 5.32 Å². The molecule has 1 aromatic carbocycles. The van der Waals surface area contributed by atoms with Gasteiger partial charge in [-0.2, -0.15) is 0 Å². The van der Waals surface area contributed by atoms with Crippen LogP contribution in [0, 0.1) is 0 Å². The van der Waals surface area contributed by atoms with Crippen molar-refractivity contribution in [2.24, 2.45) is 0 Å². The summed E-state index contributed by atoms with van der Waals surface area (Å²) in [5.41, 5.74) is 1.97. The Kier molecular flexibility index (Phi) is 4.85. The largest absolute Gasteiger partial charge is 0.466 e. The summed E-state index contributed by atoms with van der Waals surface area (Å²) in [6.45, 7) is 0.0945. The third-order valence-electron chi connectivity index (χ3n) is 4.00. The van der Waals surface area contributed by atoms with Gasteiger partial charge in [0, 0.05) is 18.9 Å². The maximum absolute atomic E-state index is 12.6. The highest BCUT2D eigenvalue weighted by molar-refractivity contribution is 6.08. The van der Waals surface area contributed by atoms with E-state index in [-0.39, 0.29) is 36.9 Å². The first-order valence-corrected chi connectivity index (χ1v) is 7.86. The number of methoxy groups -OCH3 is 1. The molecule has 0 atom stereocenters. The van der Waals surface area contributed by atoms with Crippen LogP contribution in [-0.2, 0) is 14.3 Å². The molecule has 7 nitrogen and oxygen atoms in total. The average Bonchev–Trinajstić information content (AvgIpc) is 3.26. The molecule has 7 heteroatoms. The number of benzene rings is 1. The van der Waals surface area contributed by atoms with E-state index >= 15 is 0 Å². The van der Waals surface area contributed by atoms with Crippen LogP contribution in [0.1, 0.15) is 0 Å². The number of carbonyl (C=O) groups excluding carboxylic acids is 2. The fraction of sp³-hybridized carbons (Fsp3) is 0.222. The molecule has 25 heavy (non-hydrogen) atoms. The smallest absolute Gasteiger partial charge is 0.337 e. The summed E-state index contributed by atoms with van der Waals surface area (Å²) < 4.78 is 6.70. The van der Waals surface area contributed by atoms with E-state index in [1.165, 1.54) is 12.0 Å². The van der Waals surface area contributed by atoms with Crippen molar-refractivity contribution in [2.45, 2.75) is 0 Å². The molecular weight excluding hydrogens is 322 g/mol. The Morgan fingerprint density at radius 2 is 1.96 bits per heavy atom. The fourth-order valence-corrected chi connectivity index (χ4v) is 2.78. The number of hydrogen-bond donors (Lipinski definition) is 2. The number of esters is 1. The van der Waals surface area contributed by atoms with Gasteiger partial charge in [-0.05, 0) is 24.3 Å². The van der Waals surface area contributed by atoms with Gasteiger partial charge in [0.15, 0.2) is 0 Å². The number of nitrogens with one attached hydrogen (secondary N) is 1. The Morgan fingerprint density at radius 3 is 2.64 bits per heavy atom. The molecule has 0 unspecified atom stereocenters. The molecule has 130 valence electrons. The Bertz CT molecular complexity index is 811. The fourth-order valence-electron chi connectivity index (χ4n) is 2.78. The first kappa shape index (κ1) is 16.8. The Morgan fingerprint density at radius 1 is 1.24 bits per heavy atom. The number of aromatic nitrogens is 1. The van der Waals surface area contributed by atoms with Gasteiger partial charge in [0.1, 0.15) is 5.70 Å². The molecule has 1 amide bonds. The average molecular weight is 341 g/mol.